The number of rotatable bonds is 1. The van der Waals surface area contributed by atoms with Crippen LogP contribution in [0.1, 0.15) is 15.9 Å². The van der Waals surface area contributed by atoms with Gasteiger partial charge in [0, 0.05) is 9.75 Å². The molecule has 0 saturated carbocycles. The van der Waals surface area contributed by atoms with Gasteiger partial charge in [0.25, 0.3) is 0 Å². The molecule has 1 aromatic heterocycles. The van der Waals surface area contributed by atoms with Gasteiger partial charge in [0.1, 0.15) is 6.10 Å². The maximum atomic E-state index is 5.12. The van der Waals surface area contributed by atoms with Crippen LogP contribution in [-0.2, 0) is 4.74 Å². The summed E-state index contributed by atoms with van der Waals surface area (Å²) in [5.74, 6) is 0. The Bertz CT molecular complexity index is 212. The van der Waals surface area contributed by atoms with Crippen LogP contribution in [0.2, 0.25) is 0 Å². The monoisotopic (exact) mass is 140 g/mol. The van der Waals surface area contributed by atoms with E-state index >= 15 is 0 Å². The second-order valence-corrected chi connectivity index (χ2v) is 3.59. The van der Waals surface area contributed by atoms with Gasteiger partial charge in [-0.3, -0.25) is 0 Å². The molecule has 0 N–H and O–H groups in total. The molecule has 2 heteroatoms. The highest BCUT2D eigenvalue weighted by molar-refractivity contribution is 7.12. The normalized spacial score (nSPS) is 24.3. The third-order valence-electron chi connectivity index (χ3n) is 1.41. The first-order valence-electron chi connectivity index (χ1n) is 3.04. The minimum atomic E-state index is 0.448. The van der Waals surface area contributed by atoms with E-state index in [9.17, 15) is 0 Å². The minimum Gasteiger partial charge on any atom is -0.367 e. The van der Waals surface area contributed by atoms with Crippen LogP contribution >= 0.6 is 11.3 Å². The molecule has 2 heterocycles. The van der Waals surface area contributed by atoms with Crippen molar-refractivity contribution in [2.75, 3.05) is 6.61 Å². The number of ether oxygens (including phenoxy) is 1. The van der Waals surface area contributed by atoms with E-state index in [0.29, 0.717) is 6.10 Å². The van der Waals surface area contributed by atoms with Gasteiger partial charge in [-0.05, 0) is 19.1 Å². The third-order valence-corrected chi connectivity index (χ3v) is 2.50. The van der Waals surface area contributed by atoms with E-state index in [4.69, 9.17) is 4.74 Å². The quantitative estimate of drug-likeness (QED) is 0.544. The minimum absolute atomic E-state index is 0.448. The van der Waals surface area contributed by atoms with Crippen molar-refractivity contribution in [2.24, 2.45) is 0 Å². The molecular weight excluding hydrogens is 132 g/mol. The molecule has 1 aliphatic rings. The largest absolute Gasteiger partial charge is 0.367 e. The van der Waals surface area contributed by atoms with Crippen molar-refractivity contribution in [1.29, 1.82) is 0 Å². The molecule has 0 aromatic carbocycles. The molecule has 1 saturated heterocycles. The fourth-order valence-corrected chi connectivity index (χ4v) is 1.75. The summed E-state index contributed by atoms with van der Waals surface area (Å²) >= 11 is 1.83. The average molecular weight is 140 g/mol. The van der Waals surface area contributed by atoms with Crippen LogP contribution in [0.25, 0.3) is 0 Å². The molecule has 9 heavy (non-hydrogen) atoms. The zero-order chi connectivity index (χ0) is 6.27. The molecule has 1 nitrogen and oxygen atoms in total. The molecular formula is C7H8OS. The smallest absolute Gasteiger partial charge is 0.115 e. The molecule has 1 aliphatic heterocycles. The first-order valence-corrected chi connectivity index (χ1v) is 3.86. The van der Waals surface area contributed by atoms with Gasteiger partial charge in [-0.1, -0.05) is 0 Å². The predicted octanol–water partition coefficient (Wildman–Crippen LogP) is 2.13. The second kappa shape index (κ2) is 1.82. The number of hydrogen-bond acceptors (Lipinski definition) is 2. The lowest BCUT2D eigenvalue weighted by Gasteiger charge is -1.80. The van der Waals surface area contributed by atoms with Gasteiger partial charge in [-0.2, -0.15) is 0 Å². The zero-order valence-electron chi connectivity index (χ0n) is 5.26. The van der Waals surface area contributed by atoms with E-state index in [1.807, 2.05) is 11.3 Å². The van der Waals surface area contributed by atoms with E-state index in [1.165, 1.54) is 9.75 Å². The van der Waals surface area contributed by atoms with Gasteiger partial charge in [0.2, 0.25) is 0 Å². The summed E-state index contributed by atoms with van der Waals surface area (Å²) in [4.78, 5) is 2.76. The van der Waals surface area contributed by atoms with Gasteiger partial charge in [-0.15, -0.1) is 11.3 Å². The van der Waals surface area contributed by atoms with Gasteiger partial charge >= 0.3 is 0 Å². The lowest BCUT2D eigenvalue weighted by Crippen LogP contribution is -1.65. The molecule has 0 unspecified atom stereocenters. The van der Waals surface area contributed by atoms with Crippen LogP contribution in [0.5, 0.6) is 0 Å². The summed E-state index contributed by atoms with van der Waals surface area (Å²) in [5.41, 5.74) is 0. The number of aryl methyl sites for hydroxylation is 1. The third kappa shape index (κ3) is 1.00. The standard InChI is InChI=1S/C7H8OS/c1-5-2-3-7(9-5)6-4-8-6/h2-3,6H,4H2,1H3/t6-/m0/s1. The molecule has 2 rings (SSSR count). The van der Waals surface area contributed by atoms with Gasteiger partial charge < -0.3 is 4.74 Å². The van der Waals surface area contributed by atoms with Crippen molar-refractivity contribution in [3.05, 3.63) is 21.9 Å². The van der Waals surface area contributed by atoms with Gasteiger partial charge in [-0.25, -0.2) is 0 Å². The summed E-state index contributed by atoms with van der Waals surface area (Å²) in [6.45, 7) is 3.05. The number of epoxide rings is 1. The van der Waals surface area contributed by atoms with Crippen molar-refractivity contribution in [3.63, 3.8) is 0 Å². The molecule has 0 amide bonds. The van der Waals surface area contributed by atoms with Crippen LogP contribution in [0.4, 0.5) is 0 Å². The predicted molar refractivity (Wildman–Crippen MR) is 37.7 cm³/mol. The van der Waals surface area contributed by atoms with Crippen molar-refractivity contribution in [2.45, 2.75) is 13.0 Å². The van der Waals surface area contributed by atoms with Crippen LogP contribution in [0.15, 0.2) is 12.1 Å². The van der Waals surface area contributed by atoms with E-state index in [-0.39, 0.29) is 0 Å². The number of thiophene rings is 1. The Morgan fingerprint density at radius 1 is 1.67 bits per heavy atom. The summed E-state index contributed by atoms with van der Waals surface area (Å²) in [6, 6.07) is 4.29. The van der Waals surface area contributed by atoms with Gasteiger partial charge in [0.05, 0.1) is 6.61 Å². The summed E-state index contributed by atoms with van der Waals surface area (Å²) < 4.78 is 5.12. The highest BCUT2D eigenvalue weighted by atomic mass is 32.1. The lowest BCUT2D eigenvalue weighted by molar-refractivity contribution is 0.418. The molecule has 0 spiro atoms. The van der Waals surface area contributed by atoms with E-state index < -0.39 is 0 Å². The Labute approximate surface area is 58.3 Å². The fraction of sp³-hybridized carbons (Fsp3) is 0.429. The maximum absolute atomic E-state index is 5.12. The lowest BCUT2D eigenvalue weighted by atomic mass is 10.4. The van der Waals surface area contributed by atoms with E-state index in [1.54, 1.807) is 0 Å². The molecule has 1 fully saturated rings. The van der Waals surface area contributed by atoms with Crippen LogP contribution in [-0.4, -0.2) is 6.61 Å². The van der Waals surface area contributed by atoms with Crippen LogP contribution in [0.3, 0.4) is 0 Å². The molecule has 1 aromatic rings. The Hall–Kier alpha value is -0.340. The number of hydrogen-bond donors (Lipinski definition) is 0. The molecule has 1 atom stereocenters. The molecule has 0 radical (unpaired) electrons. The second-order valence-electron chi connectivity index (χ2n) is 2.27. The molecule has 0 bridgehead atoms. The van der Waals surface area contributed by atoms with Crippen LogP contribution < -0.4 is 0 Å². The van der Waals surface area contributed by atoms with Crippen molar-refractivity contribution in [3.8, 4) is 0 Å². The Morgan fingerprint density at radius 3 is 2.89 bits per heavy atom. The highest BCUT2D eigenvalue weighted by Crippen LogP contribution is 2.34. The fourth-order valence-electron chi connectivity index (χ4n) is 0.839. The first kappa shape index (κ1) is 5.45. The average Bonchev–Trinajstić information content (AvgIpc) is 2.58. The Kier molecular flexibility index (Phi) is 1.10. The van der Waals surface area contributed by atoms with Crippen LogP contribution in [0, 0.1) is 6.92 Å². The highest BCUT2D eigenvalue weighted by Gasteiger charge is 2.25. The maximum Gasteiger partial charge on any atom is 0.115 e. The van der Waals surface area contributed by atoms with Gasteiger partial charge in [0.15, 0.2) is 0 Å². The Balaban J connectivity index is 2.28. The van der Waals surface area contributed by atoms with Crippen molar-refractivity contribution in [1.82, 2.24) is 0 Å². The topological polar surface area (TPSA) is 12.5 Å². The first-order chi connectivity index (χ1) is 4.36. The molecule has 0 aliphatic carbocycles. The zero-order valence-corrected chi connectivity index (χ0v) is 6.07. The van der Waals surface area contributed by atoms with E-state index in [0.717, 1.165) is 6.61 Å². The Morgan fingerprint density at radius 2 is 2.44 bits per heavy atom. The summed E-state index contributed by atoms with van der Waals surface area (Å²) in [6.07, 6.45) is 0.448. The van der Waals surface area contributed by atoms with E-state index in [2.05, 4.69) is 19.1 Å². The summed E-state index contributed by atoms with van der Waals surface area (Å²) in [7, 11) is 0. The SMILES string of the molecule is Cc1ccc([C@@H]2CO2)s1. The summed E-state index contributed by atoms with van der Waals surface area (Å²) in [5, 5.41) is 0. The molecule has 48 valence electrons. The van der Waals surface area contributed by atoms with Crippen molar-refractivity contribution >= 4 is 11.3 Å². The van der Waals surface area contributed by atoms with Crippen molar-refractivity contribution < 1.29 is 4.74 Å².